The Balaban J connectivity index is 1.56. The van der Waals surface area contributed by atoms with Crippen LogP contribution in [0.15, 0.2) is 28.8 Å². The molecule has 4 rings (SSSR count). The molecule has 0 radical (unpaired) electrons. The van der Waals surface area contributed by atoms with E-state index in [0.29, 0.717) is 5.89 Å². The minimum Gasteiger partial charge on any atom is -0.338 e. The third-order valence-electron chi connectivity index (χ3n) is 5.87. The first-order chi connectivity index (χ1) is 11.9. The number of halogens is 1. The number of benzene rings is 1. The molecule has 0 N–H and O–H groups in total. The maximum Gasteiger partial charge on any atom is 0.237 e. The molecule has 0 bridgehead atoms. The summed E-state index contributed by atoms with van der Waals surface area (Å²) in [6.45, 7) is 9.29. The number of hydrogen-bond donors (Lipinski definition) is 0. The van der Waals surface area contributed by atoms with Crippen molar-refractivity contribution < 1.29 is 8.91 Å². The highest BCUT2D eigenvalue weighted by Crippen LogP contribution is 2.67. The largest absolute Gasteiger partial charge is 0.338 e. The van der Waals surface area contributed by atoms with Crippen LogP contribution in [-0.2, 0) is 12.0 Å². The molecule has 134 valence electrons. The van der Waals surface area contributed by atoms with Gasteiger partial charge in [-0.3, -0.25) is 4.90 Å². The summed E-state index contributed by atoms with van der Waals surface area (Å²) in [5.41, 5.74) is 0.782. The molecule has 2 fully saturated rings. The molecule has 1 saturated heterocycles. The highest BCUT2D eigenvalue weighted by molar-refractivity contribution is 5.43. The van der Waals surface area contributed by atoms with E-state index in [2.05, 4.69) is 35.9 Å². The average Bonchev–Trinajstić information content (AvgIpc) is 2.92. The summed E-state index contributed by atoms with van der Waals surface area (Å²) in [7, 11) is 2.14. The average molecular weight is 344 g/mol. The van der Waals surface area contributed by atoms with Gasteiger partial charge in [0.1, 0.15) is 5.82 Å². The molecular weight excluding hydrogens is 319 g/mol. The van der Waals surface area contributed by atoms with Gasteiger partial charge in [0.05, 0.1) is 12.0 Å². The minimum atomic E-state index is -0.298. The van der Waals surface area contributed by atoms with Gasteiger partial charge >= 0.3 is 0 Å². The predicted molar refractivity (Wildman–Crippen MR) is 92.7 cm³/mol. The number of rotatable bonds is 4. The summed E-state index contributed by atoms with van der Waals surface area (Å²) < 4.78 is 19.0. The Labute approximate surface area is 147 Å². The monoisotopic (exact) mass is 344 g/mol. The number of hydrogen-bond acceptors (Lipinski definition) is 5. The van der Waals surface area contributed by atoms with E-state index in [9.17, 15) is 4.39 Å². The quantitative estimate of drug-likeness (QED) is 0.853. The first-order valence-electron chi connectivity index (χ1n) is 8.91. The first kappa shape index (κ1) is 16.7. The zero-order valence-corrected chi connectivity index (χ0v) is 15.1. The molecule has 0 unspecified atom stereocenters. The molecule has 1 aromatic heterocycles. The molecule has 1 aromatic carbocycles. The highest BCUT2D eigenvalue weighted by Gasteiger charge is 2.66. The van der Waals surface area contributed by atoms with E-state index in [-0.39, 0.29) is 16.6 Å². The second-order valence-electron chi connectivity index (χ2n) is 8.07. The fraction of sp³-hybridized carbons (Fsp3) is 0.579. The normalized spacial score (nSPS) is 26.7. The van der Waals surface area contributed by atoms with E-state index < -0.39 is 0 Å². The lowest BCUT2D eigenvalue weighted by Gasteiger charge is -2.31. The van der Waals surface area contributed by atoms with E-state index in [1.807, 2.05) is 12.1 Å². The van der Waals surface area contributed by atoms with Crippen molar-refractivity contribution in [3.63, 3.8) is 0 Å². The lowest BCUT2D eigenvalue weighted by molar-refractivity contribution is 0.144. The molecular formula is C19H25FN4O. The van der Waals surface area contributed by atoms with Gasteiger partial charge in [-0.15, -0.1) is 0 Å². The third kappa shape index (κ3) is 2.87. The SMILES string of the molecule is CN1CCN(Cc2noc([C@]3(c4ccc(F)cc4)CC3(C)C)n2)CC1. The van der Waals surface area contributed by atoms with Gasteiger partial charge in [0.2, 0.25) is 5.89 Å². The van der Waals surface area contributed by atoms with Crippen molar-refractivity contribution in [2.75, 3.05) is 33.2 Å². The molecule has 1 aliphatic carbocycles. The number of piperazine rings is 1. The fourth-order valence-electron chi connectivity index (χ4n) is 4.03. The van der Waals surface area contributed by atoms with Crippen LogP contribution >= 0.6 is 0 Å². The fourth-order valence-corrected chi connectivity index (χ4v) is 4.03. The van der Waals surface area contributed by atoms with Gasteiger partial charge in [-0.1, -0.05) is 31.1 Å². The van der Waals surface area contributed by atoms with Crippen LogP contribution < -0.4 is 0 Å². The predicted octanol–water partition coefficient (Wildman–Crippen LogP) is 2.67. The zero-order valence-electron chi connectivity index (χ0n) is 15.1. The van der Waals surface area contributed by atoms with Crippen molar-refractivity contribution in [1.82, 2.24) is 19.9 Å². The second-order valence-corrected chi connectivity index (χ2v) is 8.07. The van der Waals surface area contributed by atoms with Crippen molar-refractivity contribution in [3.05, 3.63) is 47.4 Å². The molecule has 6 heteroatoms. The zero-order chi connectivity index (χ0) is 17.7. The van der Waals surface area contributed by atoms with Gasteiger partial charge in [0.15, 0.2) is 5.82 Å². The van der Waals surface area contributed by atoms with Crippen LogP contribution in [0.4, 0.5) is 4.39 Å². The summed E-state index contributed by atoms with van der Waals surface area (Å²) in [6.07, 6.45) is 0.932. The van der Waals surface area contributed by atoms with Gasteiger partial charge in [-0.2, -0.15) is 4.98 Å². The summed E-state index contributed by atoms with van der Waals surface area (Å²) >= 11 is 0. The summed E-state index contributed by atoms with van der Waals surface area (Å²) in [5.74, 6) is 1.18. The first-order valence-corrected chi connectivity index (χ1v) is 8.91. The van der Waals surface area contributed by atoms with E-state index in [4.69, 9.17) is 9.51 Å². The van der Waals surface area contributed by atoms with Gasteiger partial charge in [0.25, 0.3) is 0 Å². The van der Waals surface area contributed by atoms with Gasteiger partial charge in [-0.05, 0) is 36.6 Å². The molecule has 25 heavy (non-hydrogen) atoms. The molecule has 0 spiro atoms. The van der Waals surface area contributed by atoms with Crippen LogP contribution in [0, 0.1) is 11.2 Å². The number of aromatic nitrogens is 2. The van der Waals surface area contributed by atoms with Gasteiger partial charge in [-0.25, -0.2) is 4.39 Å². The number of likely N-dealkylation sites (N-methyl/N-ethyl adjacent to an activating group) is 1. The molecule has 0 amide bonds. The summed E-state index contributed by atoms with van der Waals surface area (Å²) in [4.78, 5) is 9.41. The topological polar surface area (TPSA) is 45.4 Å². The molecule has 1 saturated carbocycles. The molecule has 2 aromatic rings. The molecule has 1 atom stereocenters. The van der Waals surface area contributed by atoms with Gasteiger partial charge < -0.3 is 9.42 Å². The standard InChI is InChI=1S/C19H25FN4O/c1-18(2)13-19(18,14-4-6-15(20)7-5-14)17-21-16(22-25-17)12-24-10-8-23(3)9-11-24/h4-7H,8-13H2,1-3H3/t19-/m1/s1. The highest BCUT2D eigenvalue weighted by atomic mass is 19.1. The Bertz CT molecular complexity index is 749. The van der Waals surface area contributed by atoms with E-state index in [1.54, 1.807) is 0 Å². The Morgan fingerprint density at radius 2 is 1.76 bits per heavy atom. The maximum absolute atomic E-state index is 13.3. The lowest BCUT2D eigenvalue weighted by atomic mass is 9.87. The van der Waals surface area contributed by atoms with E-state index >= 15 is 0 Å². The van der Waals surface area contributed by atoms with Crippen LogP contribution in [0.25, 0.3) is 0 Å². The number of nitrogens with zero attached hydrogens (tertiary/aromatic N) is 4. The van der Waals surface area contributed by atoms with E-state index in [0.717, 1.165) is 50.5 Å². The van der Waals surface area contributed by atoms with Crippen LogP contribution in [-0.4, -0.2) is 53.2 Å². The van der Waals surface area contributed by atoms with E-state index in [1.165, 1.54) is 12.1 Å². The Morgan fingerprint density at radius 3 is 2.36 bits per heavy atom. The summed E-state index contributed by atoms with van der Waals surface area (Å²) in [6, 6.07) is 6.70. The second kappa shape index (κ2) is 5.88. The lowest BCUT2D eigenvalue weighted by Crippen LogP contribution is -2.44. The van der Waals surface area contributed by atoms with Crippen molar-refractivity contribution in [2.45, 2.75) is 32.2 Å². The molecule has 1 aliphatic heterocycles. The van der Waals surface area contributed by atoms with Crippen LogP contribution in [0.3, 0.4) is 0 Å². The van der Waals surface area contributed by atoms with Crippen LogP contribution in [0.2, 0.25) is 0 Å². The molecule has 5 nitrogen and oxygen atoms in total. The maximum atomic E-state index is 13.3. The van der Waals surface area contributed by atoms with Crippen molar-refractivity contribution in [2.24, 2.45) is 5.41 Å². The Kier molecular flexibility index (Phi) is 3.92. The smallest absolute Gasteiger partial charge is 0.237 e. The molecule has 2 aliphatic rings. The third-order valence-corrected chi connectivity index (χ3v) is 5.87. The van der Waals surface area contributed by atoms with Crippen LogP contribution in [0.1, 0.15) is 37.5 Å². The van der Waals surface area contributed by atoms with Gasteiger partial charge in [0, 0.05) is 26.2 Å². The summed E-state index contributed by atoms with van der Waals surface area (Å²) in [5, 5.41) is 4.23. The minimum absolute atomic E-state index is 0.0302. The van der Waals surface area contributed by atoms with Crippen molar-refractivity contribution >= 4 is 0 Å². The van der Waals surface area contributed by atoms with Crippen LogP contribution in [0.5, 0.6) is 0 Å². The molecule has 2 heterocycles. The Morgan fingerprint density at radius 1 is 1.12 bits per heavy atom. The Hall–Kier alpha value is -1.79. The van der Waals surface area contributed by atoms with Crippen molar-refractivity contribution in [1.29, 1.82) is 0 Å². The van der Waals surface area contributed by atoms with Crippen molar-refractivity contribution in [3.8, 4) is 0 Å².